The second kappa shape index (κ2) is 4.39. The van der Waals surface area contributed by atoms with E-state index in [-0.39, 0.29) is 11.5 Å². The number of likely N-dealkylation sites (tertiary alicyclic amines) is 1. The lowest BCUT2D eigenvalue weighted by molar-refractivity contribution is -0.138. The van der Waals surface area contributed by atoms with Crippen LogP contribution in [0.25, 0.3) is 0 Å². The number of amides is 1. The fourth-order valence-electron chi connectivity index (χ4n) is 3.14. The van der Waals surface area contributed by atoms with Crippen LogP contribution in [0.15, 0.2) is 24.3 Å². The Bertz CT molecular complexity index is 461. The second-order valence-electron chi connectivity index (χ2n) is 5.17. The van der Waals surface area contributed by atoms with Crippen LogP contribution >= 0.6 is 0 Å². The van der Waals surface area contributed by atoms with Gasteiger partial charge < -0.3 is 9.64 Å². The van der Waals surface area contributed by atoms with Gasteiger partial charge in [0.1, 0.15) is 0 Å². The van der Waals surface area contributed by atoms with Crippen LogP contribution in [0.5, 0.6) is 0 Å². The third-order valence-corrected chi connectivity index (χ3v) is 4.24. The van der Waals surface area contributed by atoms with E-state index in [0.29, 0.717) is 6.42 Å². The topological polar surface area (TPSA) is 29.5 Å². The zero-order valence-electron chi connectivity index (χ0n) is 10.8. The third-order valence-electron chi connectivity index (χ3n) is 4.24. The van der Waals surface area contributed by atoms with E-state index in [0.717, 1.165) is 32.5 Å². The highest BCUT2D eigenvalue weighted by Gasteiger charge is 2.42. The maximum Gasteiger partial charge on any atom is 0.222 e. The summed E-state index contributed by atoms with van der Waals surface area (Å²) >= 11 is 0. The van der Waals surface area contributed by atoms with Gasteiger partial charge in [0.15, 0.2) is 0 Å². The number of nitrogens with zero attached hydrogens (tertiary/aromatic N) is 1. The van der Waals surface area contributed by atoms with Crippen molar-refractivity contribution in [3.63, 3.8) is 0 Å². The molecule has 0 bridgehead atoms. The van der Waals surface area contributed by atoms with E-state index in [1.54, 1.807) is 0 Å². The van der Waals surface area contributed by atoms with E-state index in [4.69, 9.17) is 4.74 Å². The first-order chi connectivity index (χ1) is 8.75. The van der Waals surface area contributed by atoms with Gasteiger partial charge in [-0.1, -0.05) is 31.2 Å². The average molecular weight is 245 g/mol. The number of benzene rings is 1. The predicted octanol–water partition coefficient (Wildman–Crippen LogP) is 2.44. The third kappa shape index (κ3) is 1.74. The predicted molar refractivity (Wildman–Crippen MR) is 69.0 cm³/mol. The van der Waals surface area contributed by atoms with Crippen LogP contribution in [0.4, 0.5) is 0 Å². The molecule has 1 amide bonds. The van der Waals surface area contributed by atoms with Crippen LogP contribution in [0.3, 0.4) is 0 Å². The maximum atomic E-state index is 11.7. The van der Waals surface area contributed by atoms with E-state index in [2.05, 4.69) is 24.3 Å². The molecule has 0 aliphatic carbocycles. The van der Waals surface area contributed by atoms with E-state index in [9.17, 15) is 4.79 Å². The smallest absolute Gasteiger partial charge is 0.222 e. The molecule has 1 saturated heterocycles. The summed E-state index contributed by atoms with van der Waals surface area (Å²) in [5.41, 5.74) is 2.53. The average Bonchev–Trinajstić information content (AvgIpc) is 2.78. The van der Waals surface area contributed by atoms with E-state index in [1.165, 1.54) is 11.1 Å². The summed E-state index contributed by atoms with van der Waals surface area (Å²) in [6.45, 7) is 4.29. The molecule has 1 aromatic rings. The fraction of sp³-hybridized carbons (Fsp3) is 0.533. The highest BCUT2D eigenvalue weighted by Crippen LogP contribution is 2.43. The highest BCUT2D eigenvalue weighted by atomic mass is 16.5. The normalized spacial score (nSPS) is 21.1. The molecule has 2 aliphatic rings. The highest BCUT2D eigenvalue weighted by molar-refractivity contribution is 5.75. The molecule has 0 N–H and O–H groups in total. The minimum absolute atomic E-state index is 0.124. The summed E-state index contributed by atoms with van der Waals surface area (Å²) in [5, 5.41) is 0. The first-order valence-electron chi connectivity index (χ1n) is 6.75. The van der Waals surface area contributed by atoms with Crippen molar-refractivity contribution in [1.29, 1.82) is 0 Å². The van der Waals surface area contributed by atoms with E-state index >= 15 is 0 Å². The molecule has 0 atom stereocenters. The second-order valence-corrected chi connectivity index (χ2v) is 5.17. The number of ether oxygens (including phenoxy) is 1. The molecule has 3 rings (SSSR count). The number of carbonyl (C=O) groups excluding carboxylic acids is 1. The van der Waals surface area contributed by atoms with Crippen molar-refractivity contribution in [2.75, 3.05) is 13.1 Å². The Kier molecular flexibility index (Phi) is 2.86. The summed E-state index contributed by atoms with van der Waals surface area (Å²) in [4.78, 5) is 13.7. The van der Waals surface area contributed by atoms with Gasteiger partial charge in [-0.15, -0.1) is 0 Å². The maximum absolute atomic E-state index is 11.7. The zero-order valence-corrected chi connectivity index (χ0v) is 10.8. The summed E-state index contributed by atoms with van der Waals surface area (Å²) in [6, 6.07) is 8.48. The van der Waals surface area contributed by atoms with Crippen molar-refractivity contribution in [2.45, 2.75) is 38.4 Å². The summed E-state index contributed by atoms with van der Waals surface area (Å²) in [7, 11) is 0. The first kappa shape index (κ1) is 11.7. The van der Waals surface area contributed by atoms with Crippen molar-refractivity contribution in [2.24, 2.45) is 0 Å². The van der Waals surface area contributed by atoms with Crippen LogP contribution in [-0.2, 0) is 21.7 Å². The molecule has 3 nitrogen and oxygen atoms in total. The van der Waals surface area contributed by atoms with Crippen molar-refractivity contribution in [3.05, 3.63) is 35.4 Å². The Morgan fingerprint density at radius 1 is 1.33 bits per heavy atom. The Morgan fingerprint density at radius 2 is 2.06 bits per heavy atom. The first-order valence-corrected chi connectivity index (χ1v) is 6.75. The van der Waals surface area contributed by atoms with Crippen LogP contribution in [0.1, 0.15) is 37.3 Å². The van der Waals surface area contributed by atoms with Crippen molar-refractivity contribution in [1.82, 2.24) is 4.90 Å². The number of fused-ring (bicyclic) bond motifs is 2. The SMILES string of the molecule is CCC(=O)N1CCC2(CC1)OCc1ccccc12. The van der Waals surface area contributed by atoms with Crippen LogP contribution in [0, 0.1) is 0 Å². The van der Waals surface area contributed by atoms with Gasteiger partial charge in [-0.25, -0.2) is 0 Å². The number of piperidine rings is 1. The Morgan fingerprint density at radius 3 is 2.78 bits per heavy atom. The van der Waals surface area contributed by atoms with E-state index < -0.39 is 0 Å². The molecule has 0 unspecified atom stereocenters. The monoisotopic (exact) mass is 245 g/mol. The molecule has 1 spiro atoms. The Balaban J connectivity index is 1.79. The van der Waals surface area contributed by atoms with Crippen LogP contribution < -0.4 is 0 Å². The van der Waals surface area contributed by atoms with Gasteiger partial charge in [0.2, 0.25) is 5.91 Å². The molecule has 18 heavy (non-hydrogen) atoms. The van der Waals surface area contributed by atoms with Crippen molar-refractivity contribution < 1.29 is 9.53 Å². The molecule has 0 saturated carbocycles. The molecule has 2 aliphatic heterocycles. The number of hydrogen-bond donors (Lipinski definition) is 0. The molecule has 1 fully saturated rings. The molecule has 0 aromatic heterocycles. The lowest BCUT2D eigenvalue weighted by Gasteiger charge is -2.39. The van der Waals surface area contributed by atoms with Crippen LogP contribution in [-0.4, -0.2) is 23.9 Å². The van der Waals surface area contributed by atoms with Crippen LogP contribution in [0.2, 0.25) is 0 Å². The minimum Gasteiger partial charge on any atom is -0.365 e. The van der Waals surface area contributed by atoms with Gasteiger partial charge in [-0.3, -0.25) is 4.79 Å². The summed E-state index contributed by atoms with van der Waals surface area (Å²) in [6.07, 6.45) is 2.45. The lowest BCUT2D eigenvalue weighted by atomic mass is 9.84. The molecular formula is C15H19NO2. The zero-order chi connectivity index (χ0) is 12.6. The minimum atomic E-state index is -0.124. The molecule has 2 heterocycles. The number of hydrogen-bond acceptors (Lipinski definition) is 2. The van der Waals surface area contributed by atoms with Crippen molar-refractivity contribution >= 4 is 5.91 Å². The van der Waals surface area contributed by atoms with Gasteiger partial charge in [0.05, 0.1) is 12.2 Å². The van der Waals surface area contributed by atoms with Gasteiger partial charge in [-0.2, -0.15) is 0 Å². The molecule has 1 aromatic carbocycles. The number of rotatable bonds is 1. The number of carbonyl (C=O) groups is 1. The van der Waals surface area contributed by atoms with Gasteiger partial charge in [0.25, 0.3) is 0 Å². The standard InChI is InChI=1S/C15H19NO2/c1-2-14(17)16-9-7-15(8-10-16)13-6-4-3-5-12(13)11-18-15/h3-6H,2,7-11H2,1H3. The molecular weight excluding hydrogens is 226 g/mol. The Labute approximate surface area is 108 Å². The quantitative estimate of drug-likeness (QED) is 0.760. The largest absolute Gasteiger partial charge is 0.365 e. The van der Waals surface area contributed by atoms with E-state index in [1.807, 2.05) is 11.8 Å². The molecule has 3 heteroatoms. The molecule has 96 valence electrons. The summed E-state index contributed by atoms with van der Waals surface area (Å²) in [5.74, 6) is 0.260. The Hall–Kier alpha value is -1.35. The van der Waals surface area contributed by atoms with Crippen molar-refractivity contribution in [3.8, 4) is 0 Å². The van der Waals surface area contributed by atoms with Gasteiger partial charge >= 0.3 is 0 Å². The summed E-state index contributed by atoms with van der Waals surface area (Å²) < 4.78 is 6.08. The van der Waals surface area contributed by atoms with Gasteiger partial charge in [0, 0.05) is 19.5 Å². The van der Waals surface area contributed by atoms with Gasteiger partial charge in [-0.05, 0) is 24.0 Å². The lowest BCUT2D eigenvalue weighted by Crippen LogP contribution is -2.44. The fourth-order valence-corrected chi connectivity index (χ4v) is 3.14. The molecule has 0 radical (unpaired) electrons.